The number of amides is 3. The molecule has 2 N–H and O–H groups in total. The first kappa shape index (κ1) is 33.4. The van der Waals surface area contributed by atoms with Crippen LogP contribution in [0.25, 0.3) is 11.1 Å². The summed E-state index contributed by atoms with van der Waals surface area (Å²) in [7, 11) is 3.40. The highest BCUT2D eigenvalue weighted by Gasteiger charge is 2.35. The molecule has 3 heterocycles. The molecule has 12 heteroatoms. The van der Waals surface area contributed by atoms with E-state index in [9.17, 15) is 18.8 Å². The van der Waals surface area contributed by atoms with Crippen LogP contribution in [0.3, 0.4) is 0 Å². The highest BCUT2D eigenvalue weighted by molar-refractivity contribution is 5.96. The third-order valence-electron chi connectivity index (χ3n) is 8.47. The summed E-state index contributed by atoms with van der Waals surface area (Å²) in [6, 6.07) is 21.5. The molecule has 11 nitrogen and oxygen atoms in total. The van der Waals surface area contributed by atoms with E-state index in [1.54, 1.807) is 60.7 Å². The zero-order valence-electron chi connectivity index (χ0n) is 27.4. The van der Waals surface area contributed by atoms with Crippen LogP contribution in [0.5, 0.6) is 17.2 Å². The number of carbonyl (C=O) groups is 3. The van der Waals surface area contributed by atoms with Crippen molar-refractivity contribution >= 4 is 17.7 Å². The van der Waals surface area contributed by atoms with Gasteiger partial charge in [0.25, 0.3) is 11.8 Å². The number of fused-ring (bicyclic) bond motifs is 8. The highest BCUT2D eigenvalue weighted by atomic mass is 19.1. The fourth-order valence-corrected chi connectivity index (χ4v) is 6.04. The number of nitrogens with zero attached hydrogens (tertiary/aromatic N) is 3. The Hall–Kier alpha value is -5.49. The first-order valence-corrected chi connectivity index (χ1v) is 16.1. The maximum atomic E-state index is 14.8. The van der Waals surface area contributed by atoms with Crippen molar-refractivity contribution in [1.82, 2.24) is 25.4 Å². The van der Waals surface area contributed by atoms with Gasteiger partial charge in [-0.2, -0.15) is 0 Å². The molecule has 2 aliphatic heterocycles. The minimum atomic E-state index is -0.623. The average Bonchev–Trinajstić information content (AvgIpc) is 3.10. The lowest BCUT2D eigenvalue weighted by Gasteiger charge is -2.39. The van der Waals surface area contributed by atoms with Crippen molar-refractivity contribution in [3.63, 3.8) is 0 Å². The van der Waals surface area contributed by atoms with Crippen LogP contribution in [0.4, 0.5) is 4.39 Å². The van der Waals surface area contributed by atoms with Crippen LogP contribution in [0, 0.1) is 5.82 Å². The summed E-state index contributed by atoms with van der Waals surface area (Å²) in [6.07, 6.45) is 1.53. The number of rotatable bonds is 5. The van der Waals surface area contributed by atoms with Crippen molar-refractivity contribution in [2.24, 2.45) is 0 Å². The van der Waals surface area contributed by atoms with Crippen molar-refractivity contribution in [2.75, 3.05) is 40.4 Å². The second-order valence-corrected chi connectivity index (χ2v) is 12.2. The zero-order valence-corrected chi connectivity index (χ0v) is 27.4. The van der Waals surface area contributed by atoms with Gasteiger partial charge in [-0.25, -0.2) is 4.39 Å². The van der Waals surface area contributed by atoms with Crippen LogP contribution in [0.1, 0.15) is 28.0 Å². The molecule has 1 saturated heterocycles. The van der Waals surface area contributed by atoms with Crippen molar-refractivity contribution in [2.45, 2.75) is 31.7 Å². The summed E-state index contributed by atoms with van der Waals surface area (Å²) < 4.78 is 32.4. The number of benzene rings is 3. The molecule has 0 radical (unpaired) electrons. The standard InChI is InChI=1S/C37H38FN5O6/c1-42(20-28-7-3-4-12-39-28)22-36(45)43-13-11-34-32(21-43)41-37(46)26-9-10-33(47-2)31(17-26)25-6-5-8-29(16-25)48-23-35(44)40-19-24-14-27(38)18-30(15-24)49-34/h3-10,12,14-18,32,34H,11,13,19-23H2,1-2H3,(H,40,44)(H,41,46)/t32-,34-/m1/s1. The number of aromatic nitrogens is 1. The quantitative estimate of drug-likeness (QED) is 0.330. The molecule has 6 rings (SSSR count). The van der Waals surface area contributed by atoms with Gasteiger partial charge in [0, 0.05) is 56.0 Å². The summed E-state index contributed by atoms with van der Waals surface area (Å²) in [5.74, 6) is -0.139. The molecule has 1 aromatic heterocycles. The Bertz CT molecular complexity index is 1820. The number of ether oxygens (including phenoxy) is 3. The predicted molar refractivity (Wildman–Crippen MR) is 180 cm³/mol. The molecule has 4 aromatic rings. The van der Waals surface area contributed by atoms with E-state index < -0.39 is 18.0 Å². The number of piperidine rings is 1. The lowest BCUT2D eigenvalue weighted by Crippen LogP contribution is -2.59. The maximum Gasteiger partial charge on any atom is 0.258 e. The number of likely N-dealkylation sites (N-methyl/N-ethyl adjacent to an activating group) is 1. The van der Waals surface area contributed by atoms with E-state index >= 15 is 0 Å². The fraction of sp³-hybridized carbons (Fsp3) is 0.297. The number of carbonyl (C=O) groups excluding carboxylic acids is 3. The lowest BCUT2D eigenvalue weighted by atomic mass is 9.99. The largest absolute Gasteiger partial charge is 0.496 e. The Morgan fingerprint density at radius 1 is 1.04 bits per heavy atom. The van der Waals surface area contributed by atoms with Gasteiger partial charge in [-0.1, -0.05) is 18.2 Å². The molecule has 0 unspecified atom stereocenters. The number of nitrogens with one attached hydrogen (secondary N) is 2. The van der Waals surface area contributed by atoms with E-state index in [0.29, 0.717) is 47.7 Å². The first-order valence-electron chi connectivity index (χ1n) is 16.1. The van der Waals surface area contributed by atoms with E-state index in [4.69, 9.17) is 14.2 Å². The molecule has 2 aliphatic rings. The van der Waals surface area contributed by atoms with E-state index in [-0.39, 0.29) is 49.7 Å². The highest BCUT2D eigenvalue weighted by Crippen LogP contribution is 2.33. The first-order chi connectivity index (χ1) is 23.7. The summed E-state index contributed by atoms with van der Waals surface area (Å²) in [6.45, 7) is 1.04. The lowest BCUT2D eigenvalue weighted by molar-refractivity contribution is -0.134. The third kappa shape index (κ3) is 8.52. The Balaban J connectivity index is 1.29. The van der Waals surface area contributed by atoms with Gasteiger partial charge in [-0.05, 0) is 72.8 Å². The van der Waals surface area contributed by atoms with Gasteiger partial charge in [0.15, 0.2) is 6.61 Å². The number of likely N-dealkylation sites (tertiary alicyclic amines) is 1. The molecule has 0 aliphatic carbocycles. The van der Waals surface area contributed by atoms with Gasteiger partial charge >= 0.3 is 0 Å². The van der Waals surface area contributed by atoms with Crippen molar-refractivity contribution in [3.05, 3.63) is 108 Å². The number of pyridine rings is 1. The number of hydrogen-bond acceptors (Lipinski definition) is 8. The van der Waals surface area contributed by atoms with Gasteiger partial charge < -0.3 is 29.7 Å². The summed E-state index contributed by atoms with van der Waals surface area (Å²) >= 11 is 0. The second kappa shape index (κ2) is 15.2. The van der Waals surface area contributed by atoms with Crippen molar-refractivity contribution < 1.29 is 33.0 Å². The van der Waals surface area contributed by atoms with Gasteiger partial charge in [-0.15, -0.1) is 0 Å². The molecular formula is C37H38FN5O6. The molecule has 49 heavy (non-hydrogen) atoms. The smallest absolute Gasteiger partial charge is 0.258 e. The molecular weight excluding hydrogens is 629 g/mol. The molecule has 3 aromatic carbocycles. The molecule has 1 fully saturated rings. The number of hydrogen-bond donors (Lipinski definition) is 2. The van der Waals surface area contributed by atoms with Gasteiger partial charge in [0.05, 0.1) is 25.4 Å². The van der Waals surface area contributed by atoms with Crippen LogP contribution in [0.15, 0.2) is 85.1 Å². The third-order valence-corrected chi connectivity index (χ3v) is 8.47. The van der Waals surface area contributed by atoms with Crippen LogP contribution >= 0.6 is 0 Å². The van der Waals surface area contributed by atoms with E-state index in [0.717, 1.165) is 11.3 Å². The molecule has 2 atom stereocenters. The Kier molecular flexibility index (Phi) is 10.3. The molecule has 0 spiro atoms. The molecule has 0 saturated carbocycles. The van der Waals surface area contributed by atoms with Crippen LogP contribution in [0.2, 0.25) is 0 Å². The van der Waals surface area contributed by atoms with Crippen LogP contribution < -0.4 is 24.8 Å². The minimum absolute atomic E-state index is 0.0541. The summed E-state index contributed by atoms with van der Waals surface area (Å²) in [5, 5.41) is 5.85. The normalized spacial score (nSPS) is 18.0. The molecule has 6 bridgehead atoms. The number of halogens is 1. The van der Waals surface area contributed by atoms with Crippen LogP contribution in [-0.2, 0) is 22.7 Å². The topological polar surface area (TPSA) is 122 Å². The molecule has 254 valence electrons. The summed E-state index contributed by atoms with van der Waals surface area (Å²) in [4.78, 5) is 47.9. The Labute approximate surface area is 284 Å². The van der Waals surface area contributed by atoms with Gasteiger partial charge in [0.1, 0.15) is 29.2 Å². The van der Waals surface area contributed by atoms with Crippen LogP contribution in [-0.4, -0.2) is 85.0 Å². The second-order valence-electron chi connectivity index (χ2n) is 12.2. The zero-order chi connectivity index (χ0) is 34.3. The monoisotopic (exact) mass is 667 g/mol. The Morgan fingerprint density at radius 2 is 1.92 bits per heavy atom. The van der Waals surface area contributed by atoms with E-state index in [2.05, 4.69) is 15.6 Å². The number of methoxy groups -OCH3 is 1. The van der Waals surface area contributed by atoms with Gasteiger partial charge in [0.2, 0.25) is 5.91 Å². The minimum Gasteiger partial charge on any atom is -0.496 e. The average molecular weight is 668 g/mol. The van der Waals surface area contributed by atoms with Gasteiger partial charge in [-0.3, -0.25) is 24.3 Å². The van der Waals surface area contributed by atoms with E-state index in [1.807, 2.05) is 36.2 Å². The van der Waals surface area contributed by atoms with Crippen molar-refractivity contribution in [3.8, 4) is 28.4 Å². The predicted octanol–water partition coefficient (Wildman–Crippen LogP) is 3.82. The Morgan fingerprint density at radius 3 is 2.73 bits per heavy atom. The van der Waals surface area contributed by atoms with E-state index in [1.165, 1.54) is 12.1 Å². The van der Waals surface area contributed by atoms with Crippen molar-refractivity contribution in [1.29, 1.82) is 0 Å². The molecule has 3 amide bonds. The SMILES string of the molecule is COc1ccc2cc1-c1cccc(c1)OCC(=O)NCc1cc(F)cc(c1)O[C@@H]1CCN(C(=O)CN(C)Cc3ccccn3)C[C@H]1NC2=O. The summed E-state index contributed by atoms with van der Waals surface area (Å²) in [5.41, 5.74) is 3.09. The fourth-order valence-electron chi connectivity index (χ4n) is 6.04. The maximum absolute atomic E-state index is 14.8.